The lowest BCUT2D eigenvalue weighted by atomic mass is 10.1. The zero-order valence-corrected chi connectivity index (χ0v) is 18.2. The van der Waals surface area contributed by atoms with Gasteiger partial charge in [0.1, 0.15) is 18.5 Å². The fraction of sp³-hybridized carbons (Fsp3) is 0.227. The van der Waals surface area contributed by atoms with Crippen molar-refractivity contribution in [3.8, 4) is 5.69 Å². The molecule has 2 aromatic heterocycles. The van der Waals surface area contributed by atoms with Crippen LogP contribution in [0.15, 0.2) is 72.4 Å². The molecule has 0 unspecified atom stereocenters. The molecule has 0 aliphatic heterocycles. The predicted octanol–water partition coefficient (Wildman–Crippen LogP) is 3.19. The molecule has 0 aliphatic rings. The molecular weight excluding hydrogens is 410 g/mol. The van der Waals surface area contributed by atoms with Gasteiger partial charge in [-0.1, -0.05) is 54.2 Å². The van der Waals surface area contributed by atoms with Gasteiger partial charge < -0.3 is 9.88 Å². The summed E-state index contributed by atoms with van der Waals surface area (Å²) in [5, 5.41) is 16.3. The van der Waals surface area contributed by atoms with Crippen LogP contribution in [0.3, 0.4) is 0 Å². The van der Waals surface area contributed by atoms with E-state index in [1.807, 2.05) is 60.9 Å². The maximum Gasteiger partial charge on any atom is 0.230 e. The van der Waals surface area contributed by atoms with Gasteiger partial charge in [-0.05, 0) is 37.1 Å². The number of benzene rings is 2. The van der Waals surface area contributed by atoms with Crippen molar-refractivity contribution in [1.29, 1.82) is 0 Å². The van der Waals surface area contributed by atoms with E-state index >= 15 is 0 Å². The Morgan fingerprint density at radius 2 is 1.87 bits per heavy atom. The van der Waals surface area contributed by atoms with Crippen LogP contribution in [0.2, 0.25) is 0 Å². The SMILES string of the molecule is Cc1nnc(SCC(=O)N[C@@H](C)c2ccc(-n3cncn3)cc2)n1Cc1ccccc1. The van der Waals surface area contributed by atoms with E-state index < -0.39 is 0 Å². The first kappa shape index (κ1) is 20.8. The monoisotopic (exact) mass is 433 g/mol. The van der Waals surface area contributed by atoms with Gasteiger partial charge in [0.15, 0.2) is 5.16 Å². The summed E-state index contributed by atoms with van der Waals surface area (Å²) < 4.78 is 3.72. The van der Waals surface area contributed by atoms with Gasteiger partial charge in [-0.2, -0.15) is 5.10 Å². The normalized spacial score (nSPS) is 11.9. The molecule has 9 heteroatoms. The fourth-order valence-corrected chi connectivity index (χ4v) is 3.96. The second-order valence-corrected chi connectivity index (χ2v) is 8.05. The minimum atomic E-state index is -0.109. The second-order valence-electron chi connectivity index (χ2n) is 7.11. The number of rotatable bonds is 8. The molecular formula is C22H23N7OS. The molecule has 8 nitrogen and oxygen atoms in total. The van der Waals surface area contributed by atoms with Gasteiger partial charge in [0.05, 0.1) is 24.0 Å². The van der Waals surface area contributed by atoms with Gasteiger partial charge >= 0.3 is 0 Å². The van der Waals surface area contributed by atoms with Gasteiger partial charge in [-0.3, -0.25) is 4.79 Å². The summed E-state index contributed by atoms with van der Waals surface area (Å²) in [5.74, 6) is 1.05. The first-order valence-corrected chi connectivity index (χ1v) is 10.9. The molecule has 4 aromatic rings. The summed E-state index contributed by atoms with van der Waals surface area (Å²) in [6.07, 6.45) is 3.15. The summed E-state index contributed by atoms with van der Waals surface area (Å²) in [4.78, 5) is 16.5. The van der Waals surface area contributed by atoms with Crippen LogP contribution >= 0.6 is 11.8 Å². The average Bonchev–Trinajstić information content (AvgIpc) is 3.44. The van der Waals surface area contributed by atoms with Gasteiger partial charge in [-0.25, -0.2) is 9.67 Å². The molecule has 0 saturated heterocycles. The van der Waals surface area contributed by atoms with E-state index in [0.29, 0.717) is 6.54 Å². The number of thioether (sulfide) groups is 1. The van der Waals surface area contributed by atoms with Crippen molar-refractivity contribution < 1.29 is 4.79 Å². The van der Waals surface area contributed by atoms with Crippen LogP contribution in [-0.2, 0) is 11.3 Å². The maximum atomic E-state index is 12.5. The minimum absolute atomic E-state index is 0.0511. The third-order valence-electron chi connectivity index (χ3n) is 4.87. The molecule has 1 atom stereocenters. The van der Waals surface area contributed by atoms with Crippen LogP contribution in [0.25, 0.3) is 5.69 Å². The molecule has 2 heterocycles. The Balaban J connectivity index is 1.33. The molecule has 0 bridgehead atoms. The number of aromatic nitrogens is 6. The van der Waals surface area contributed by atoms with Gasteiger partial charge in [-0.15, -0.1) is 10.2 Å². The lowest BCUT2D eigenvalue weighted by Gasteiger charge is -2.15. The maximum absolute atomic E-state index is 12.5. The molecule has 0 fully saturated rings. The largest absolute Gasteiger partial charge is 0.349 e. The van der Waals surface area contributed by atoms with E-state index in [4.69, 9.17) is 0 Å². The van der Waals surface area contributed by atoms with Crippen LogP contribution < -0.4 is 5.32 Å². The number of nitrogens with one attached hydrogen (secondary N) is 1. The Bertz CT molecular complexity index is 1120. The van der Waals surface area contributed by atoms with Crippen LogP contribution in [-0.4, -0.2) is 41.2 Å². The number of hydrogen-bond donors (Lipinski definition) is 1. The van der Waals surface area contributed by atoms with Gasteiger partial charge in [0, 0.05) is 0 Å². The Kier molecular flexibility index (Phi) is 6.42. The first-order chi connectivity index (χ1) is 15.1. The number of aryl methyl sites for hydroxylation is 1. The van der Waals surface area contributed by atoms with Crippen LogP contribution in [0.5, 0.6) is 0 Å². The molecule has 0 spiro atoms. The minimum Gasteiger partial charge on any atom is -0.349 e. The molecule has 0 aliphatic carbocycles. The van der Waals surface area contributed by atoms with Gasteiger partial charge in [0.25, 0.3) is 0 Å². The third kappa shape index (κ3) is 5.18. The smallest absolute Gasteiger partial charge is 0.230 e. The standard InChI is InChI=1S/C22H23N7OS/c1-16(19-8-10-20(11-9-19)29-15-23-14-24-29)25-21(30)13-31-22-27-26-17(2)28(22)12-18-6-4-3-5-7-18/h3-11,14-16H,12-13H2,1-2H3,(H,25,30)/t16-/m0/s1. The van der Waals surface area contributed by atoms with Crippen molar-refractivity contribution in [1.82, 2.24) is 34.8 Å². The number of nitrogens with zero attached hydrogens (tertiary/aromatic N) is 6. The van der Waals surface area contributed by atoms with Crippen LogP contribution in [0.1, 0.15) is 29.9 Å². The molecule has 158 valence electrons. The Morgan fingerprint density at radius 1 is 1.10 bits per heavy atom. The Labute approximate surface area is 184 Å². The lowest BCUT2D eigenvalue weighted by molar-refractivity contribution is -0.119. The third-order valence-corrected chi connectivity index (χ3v) is 5.84. The summed E-state index contributed by atoms with van der Waals surface area (Å²) >= 11 is 1.39. The number of carbonyl (C=O) groups excluding carboxylic acids is 1. The first-order valence-electron chi connectivity index (χ1n) is 9.91. The highest BCUT2D eigenvalue weighted by atomic mass is 32.2. The van der Waals surface area contributed by atoms with Gasteiger partial charge in [0.2, 0.25) is 5.91 Å². The highest BCUT2D eigenvalue weighted by Gasteiger charge is 2.14. The van der Waals surface area contributed by atoms with Crippen molar-refractivity contribution in [3.05, 3.63) is 84.2 Å². The summed E-state index contributed by atoms with van der Waals surface area (Å²) in [5.41, 5.74) is 3.11. The second kappa shape index (κ2) is 9.57. The molecule has 31 heavy (non-hydrogen) atoms. The molecule has 0 radical (unpaired) electrons. The number of carbonyl (C=O) groups is 1. The van der Waals surface area contributed by atoms with Crippen molar-refractivity contribution in [2.24, 2.45) is 0 Å². The fourth-order valence-electron chi connectivity index (χ4n) is 3.17. The van der Waals surface area contributed by atoms with E-state index in [1.165, 1.54) is 23.7 Å². The van der Waals surface area contributed by atoms with Crippen molar-refractivity contribution in [3.63, 3.8) is 0 Å². The van der Waals surface area contributed by atoms with Crippen LogP contribution in [0, 0.1) is 6.92 Å². The van der Waals surface area contributed by atoms with E-state index in [2.05, 4.69) is 37.7 Å². The molecule has 0 saturated carbocycles. The quantitative estimate of drug-likeness (QED) is 0.429. The van der Waals surface area contributed by atoms with Crippen molar-refractivity contribution in [2.45, 2.75) is 31.6 Å². The molecule has 2 aromatic carbocycles. The number of amides is 1. The highest BCUT2D eigenvalue weighted by molar-refractivity contribution is 7.99. The lowest BCUT2D eigenvalue weighted by Crippen LogP contribution is -2.28. The van der Waals surface area contributed by atoms with Crippen LogP contribution in [0.4, 0.5) is 0 Å². The van der Waals surface area contributed by atoms with E-state index in [9.17, 15) is 4.79 Å². The van der Waals surface area contributed by atoms with Crippen molar-refractivity contribution >= 4 is 17.7 Å². The predicted molar refractivity (Wildman–Crippen MR) is 119 cm³/mol. The zero-order valence-electron chi connectivity index (χ0n) is 17.3. The molecule has 1 amide bonds. The zero-order chi connectivity index (χ0) is 21.6. The summed E-state index contributed by atoms with van der Waals surface area (Å²) in [7, 11) is 0. The highest BCUT2D eigenvalue weighted by Crippen LogP contribution is 2.20. The summed E-state index contributed by atoms with van der Waals surface area (Å²) in [6.45, 7) is 4.57. The van der Waals surface area contributed by atoms with E-state index in [1.54, 1.807) is 11.0 Å². The average molecular weight is 434 g/mol. The van der Waals surface area contributed by atoms with E-state index in [0.717, 1.165) is 22.2 Å². The molecule has 1 N–H and O–H groups in total. The van der Waals surface area contributed by atoms with E-state index in [-0.39, 0.29) is 17.7 Å². The summed E-state index contributed by atoms with van der Waals surface area (Å²) in [6, 6.07) is 17.9. The molecule has 4 rings (SSSR count). The topological polar surface area (TPSA) is 90.5 Å². The Morgan fingerprint density at radius 3 is 2.58 bits per heavy atom. The number of hydrogen-bond acceptors (Lipinski definition) is 6. The Hall–Kier alpha value is -3.46. The van der Waals surface area contributed by atoms with Crippen molar-refractivity contribution in [2.75, 3.05) is 5.75 Å².